The minimum Gasteiger partial charge on any atom is -0.444 e. The molecule has 2 atom stereocenters. The molecule has 0 aliphatic heterocycles. The van der Waals surface area contributed by atoms with Gasteiger partial charge in [0.2, 0.25) is 0 Å². The molecule has 0 aromatic carbocycles. The number of rotatable bonds is 5. The number of aliphatic hydroxyl groups excluding tert-OH is 1. The van der Waals surface area contributed by atoms with Gasteiger partial charge in [-0.15, -0.1) is 0 Å². The first-order valence-corrected chi connectivity index (χ1v) is 9.90. The Morgan fingerprint density at radius 2 is 1.70 bits per heavy atom. The Hall–Kier alpha value is -0.593. The van der Waals surface area contributed by atoms with E-state index in [-0.39, 0.29) is 18.1 Å². The number of carbonyl (C=O) groups is 1. The highest BCUT2D eigenvalue weighted by atomic mass is 28.3. The fourth-order valence-electron chi connectivity index (χ4n) is 1.87. The second-order valence-corrected chi connectivity index (χ2v) is 9.78. The van der Waals surface area contributed by atoms with Gasteiger partial charge in [-0.1, -0.05) is 20.8 Å². The predicted molar refractivity (Wildman–Crippen MR) is 83.4 cm³/mol. The van der Waals surface area contributed by atoms with Crippen molar-refractivity contribution in [2.24, 2.45) is 5.41 Å². The third kappa shape index (κ3) is 7.87. The molecule has 0 radical (unpaired) electrons. The highest BCUT2D eigenvalue weighted by molar-refractivity contribution is 6.48. The summed E-state index contributed by atoms with van der Waals surface area (Å²) in [6, 6.07) is -0.472. The van der Waals surface area contributed by atoms with Gasteiger partial charge in [-0.2, -0.15) is 0 Å². The zero-order chi connectivity index (χ0) is 16.1. The molecule has 6 heteroatoms. The molecule has 120 valence electrons. The van der Waals surface area contributed by atoms with E-state index in [9.17, 15) is 9.90 Å². The van der Waals surface area contributed by atoms with Crippen LogP contribution in [0.25, 0.3) is 0 Å². The van der Waals surface area contributed by atoms with E-state index in [1.807, 2.05) is 20.8 Å². The van der Waals surface area contributed by atoms with E-state index in [0.29, 0.717) is 0 Å². The highest BCUT2D eigenvalue weighted by Crippen LogP contribution is 2.26. The van der Waals surface area contributed by atoms with Crippen molar-refractivity contribution in [3.8, 4) is 0 Å². The van der Waals surface area contributed by atoms with E-state index in [4.69, 9.17) is 9.16 Å². The molecule has 5 nitrogen and oxygen atoms in total. The number of carbonyl (C=O) groups excluding carboxylic acids is 1. The lowest BCUT2D eigenvalue weighted by atomic mass is 9.85. The van der Waals surface area contributed by atoms with Gasteiger partial charge < -0.3 is 19.6 Å². The Morgan fingerprint density at radius 1 is 1.20 bits per heavy atom. The van der Waals surface area contributed by atoms with Crippen molar-refractivity contribution in [1.29, 1.82) is 0 Å². The van der Waals surface area contributed by atoms with Gasteiger partial charge in [0.05, 0.1) is 18.8 Å². The average Bonchev–Trinajstić information content (AvgIpc) is 2.18. The maximum atomic E-state index is 11.9. The standard InChI is InChI=1S/C14H31NO4Si/c1-13(2,3)11(19-20(7)8)10(9-16)15-12(17)18-14(4,5)6/h10-11,16,20H,9H2,1-8H3,(H,15,17). The van der Waals surface area contributed by atoms with Crippen molar-refractivity contribution >= 4 is 15.1 Å². The van der Waals surface area contributed by atoms with Crippen molar-refractivity contribution in [2.45, 2.75) is 72.4 Å². The quantitative estimate of drug-likeness (QED) is 0.765. The summed E-state index contributed by atoms with van der Waals surface area (Å²) < 4.78 is 11.2. The number of alkyl carbamates (subject to hydrolysis) is 1. The number of hydrogen-bond acceptors (Lipinski definition) is 4. The molecule has 0 saturated heterocycles. The first-order chi connectivity index (χ1) is 8.86. The van der Waals surface area contributed by atoms with Crippen molar-refractivity contribution in [3.05, 3.63) is 0 Å². The summed E-state index contributed by atoms with van der Waals surface area (Å²) in [5, 5.41) is 12.3. The lowest BCUT2D eigenvalue weighted by molar-refractivity contribution is 0.0124. The first kappa shape index (κ1) is 19.4. The Bertz CT molecular complexity index is 307. The normalized spacial score (nSPS) is 15.9. The number of amides is 1. The molecule has 0 fully saturated rings. The highest BCUT2D eigenvalue weighted by Gasteiger charge is 2.35. The summed E-state index contributed by atoms with van der Waals surface area (Å²) in [4.78, 5) is 11.9. The molecule has 1 amide bonds. The van der Waals surface area contributed by atoms with Gasteiger partial charge >= 0.3 is 6.09 Å². The molecule has 20 heavy (non-hydrogen) atoms. The van der Waals surface area contributed by atoms with E-state index in [1.54, 1.807) is 20.8 Å². The lowest BCUT2D eigenvalue weighted by Crippen LogP contribution is -2.54. The van der Waals surface area contributed by atoms with E-state index in [2.05, 4.69) is 18.4 Å². The van der Waals surface area contributed by atoms with Crippen molar-refractivity contribution in [2.75, 3.05) is 6.61 Å². The summed E-state index contributed by atoms with van der Waals surface area (Å²) >= 11 is 0. The number of ether oxygens (including phenoxy) is 1. The van der Waals surface area contributed by atoms with Crippen LogP contribution in [0.3, 0.4) is 0 Å². The van der Waals surface area contributed by atoms with Crippen LogP contribution in [0.4, 0.5) is 4.79 Å². The fourth-order valence-corrected chi connectivity index (χ4v) is 3.06. The van der Waals surface area contributed by atoms with E-state index in [1.165, 1.54) is 0 Å². The molecule has 0 aliphatic rings. The molecular formula is C14H31NO4Si. The zero-order valence-electron chi connectivity index (χ0n) is 14.1. The number of nitrogens with one attached hydrogen (secondary N) is 1. The monoisotopic (exact) mass is 305 g/mol. The van der Waals surface area contributed by atoms with Crippen LogP contribution in [-0.2, 0) is 9.16 Å². The topological polar surface area (TPSA) is 67.8 Å². The minimum absolute atomic E-state index is 0.178. The van der Waals surface area contributed by atoms with Gasteiger partial charge in [0, 0.05) is 0 Å². The molecule has 0 saturated carbocycles. The Balaban J connectivity index is 4.87. The van der Waals surface area contributed by atoms with Gasteiger partial charge in [-0.3, -0.25) is 0 Å². The van der Waals surface area contributed by atoms with Crippen LogP contribution in [0, 0.1) is 5.41 Å². The Morgan fingerprint density at radius 3 is 2.00 bits per heavy atom. The minimum atomic E-state index is -1.29. The van der Waals surface area contributed by atoms with E-state index in [0.717, 1.165) is 0 Å². The van der Waals surface area contributed by atoms with E-state index >= 15 is 0 Å². The maximum absolute atomic E-state index is 11.9. The summed E-state index contributed by atoms with van der Waals surface area (Å²) in [6.45, 7) is 15.5. The van der Waals surface area contributed by atoms with Crippen LogP contribution < -0.4 is 5.32 Å². The second kappa shape index (κ2) is 7.43. The Labute approximate surface area is 124 Å². The number of hydrogen-bond donors (Lipinski definition) is 2. The molecule has 2 N–H and O–H groups in total. The molecule has 0 aromatic heterocycles. The van der Waals surface area contributed by atoms with Crippen molar-refractivity contribution < 1.29 is 19.1 Å². The summed E-state index contributed by atoms with van der Waals surface area (Å²) in [7, 11) is -1.29. The van der Waals surface area contributed by atoms with Crippen molar-refractivity contribution in [1.82, 2.24) is 5.32 Å². The third-order valence-electron chi connectivity index (χ3n) is 2.54. The largest absolute Gasteiger partial charge is 0.444 e. The number of aliphatic hydroxyl groups is 1. The lowest BCUT2D eigenvalue weighted by Gasteiger charge is -2.38. The molecule has 0 spiro atoms. The van der Waals surface area contributed by atoms with Crippen molar-refractivity contribution in [3.63, 3.8) is 0 Å². The van der Waals surface area contributed by atoms with Crippen LogP contribution in [-0.4, -0.2) is 44.6 Å². The smallest absolute Gasteiger partial charge is 0.408 e. The summed E-state index contributed by atoms with van der Waals surface area (Å²) in [5.41, 5.74) is -0.741. The van der Waals surface area contributed by atoms with E-state index < -0.39 is 26.8 Å². The second-order valence-electron chi connectivity index (χ2n) is 7.41. The summed E-state index contributed by atoms with van der Waals surface area (Å²) in [5.74, 6) is 0. The van der Waals surface area contributed by atoms with Crippen LogP contribution in [0.15, 0.2) is 0 Å². The molecular weight excluding hydrogens is 274 g/mol. The summed E-state index contributed by atoms with van der Waals surface area (Å²) in [6.07, 6.45) is -0.772. The molecule has 0 aliphatic carbocycles. The van der Waals surface area contributed by atoms with Gasteiger partial charge in [-0.05, 0) is 39.3 Å². The van der Waals surface area contributed by atoms with Crippen LogP contribution >= 0.6 is 0 Å². The maximum Gasteiger partial charge on any atom is 0.408 e. The molecule has 2 unspecified atom stereocenters. The van der Waals surface area contributed by atoms with Crippen LogP contribution in [0.1, 0.15) is 41.5 Å². The molecule has 0 heterocycles. The zero-order valence-corrected chi connectivity index (χ0v) is 15.3. The SMILES string of the molecule is C[SiH](C)OC(C(CO)NC(=O)OC(C)(C)C)C(C)(C)C. The molecule has 0 bridgehead atoms. The first-order valence-electron chi connectivity index (χ1n) is 7.12. The molecule has 0 aromatic rings. The third-order valence-corrected chi connectivity index (χ3v) is 3.37. The van der Waals surface area contributed by atoms with Gasteiger partial charge in [0.1, 0.15) is 5.60 Å². The fraction of sp³-hybridized carbons (Fsp3) is 0.929. The Kier molecular flexibility index (Phi) is 7.20. The predicted octanol–water partition coefficient (Wildman–Crippen LogP) is 2.29. The van der Waals surface area contributed by atoms with Gasteiger partial charge in [-0.25, -0.2) is 4.79 Å². The van der Waals surface area contributed by atoms with Crippen LogP contribution in [0.2, 0.25) is 13.1 Å². The molecule has 0 rings (SSSR count). The van der Waals surface area contributed by atoms with Gasteiger partial charge in [0.25, 0.3) is 0 Å². The van der Waals surface area contributed by atoms with Crippen LogP contribution in [0.5, 0.6) is 0 Å². The average molecular weight is 305 g/mol. The van der Waals surface area contributed by atoms with Gasteiger partial charge in [0.15, 0.2) is 9.04 Å².